The molecular weight excluding hydrogens is 406 g/mol. The van der Waals surface area contributed by atoms with Gasteiger partial charge in [-0.05, 0) is 60.9 Å². The molecule has 1 aromatic heterocycles. The average Bonchev–Trinajstić information content (AvgIpc) is 3.15. The van der Waals surface area contributed by atoms with Gasteiger partial charge in [-0.15, -0.1) is 0 Å². The first-order valence-electron chi connectivity index (χ1n) is 11.0. The number of rotatable bonds is 5. The van der Waals surface area contributed by atoms with Crippen molar-refractivity contribution in [1.29, 1.82) is 0 Å². The zero-order valence-electron chi connectivity index (χ0n) is 18.1. The lowest BCUT2D eigenvalue weighted by molar-refractivity contribution is -0.383. The first kappa shape index (κ1) is 20.6. The average molecular weight is 434 g/mol. The van der Waals surface area contributed by atoms with Gasteiger partial charge in [0.25, 0.3) is 5.69 Å². The van der Waals surface area contributed by atoms with Crippen LogP contribution < -0.4 is 4.74 Å². The molecule has 0 radical (unpaired) electrons. The molecular formula is C25H27N3O4. The van der Waals surface area contributed by atoms with Crippen LogP contribution in [-0.2, 0) is 12.8 Å². The van der Waals surface area contributed by atoms with Crippen LogP contribution in [0.1, 0.15) is 29.3 Å². The van der Waals surface area contributed by atoms with Crippen molar-refractivity contribution in [3.05, 3.63) is 81.7 Å². The summed E-state index contributed by atoms with van der Waals surface area (Å²) in [4.78, 5) is 16.8. The number of aromatic nitrogens is 1. The van der Waals surface area contributed by atoms with Crippen LogP contribution in [-0.4, -0.2) is 40.1 Å². The molecule has 0 bridgehead atoms. The van der Waals surface area contributed by atoms with Gasteiger partial charge in [-0.2, -0.15) is 0 Å². The number of likely N-dealkylation sites (tertiary alicyclic amines) is 1. The number of methoxy groups -OCH3 is 1. The van der Waals surface area contributed by atoms with Crippen LogP contribution in [0.2, 0.25) is 0 Å². The number of aromatic amines is 1. The standard InChI is InChI=1S/C25H27N3O4/c1-15(29)25(17-5-3-6-19(11-17)32-2)27-10-9-16-13-22-21(12-18(16)14-27)20-7-4-8-23(28(30)31)24(20)26-22/h3-8,11,16,18,25-26,29H,1,9-10,12-14H2,2H3. The van der Waals surface area contributed by atoms with Crippen molar-refractivity contribution in [3.63, 3.8) is 0 Å². The minimum absolute atomic E-state index is 0.135. The van der Waals surface area contributed by atoms with Gasteiger partial charge in [-0.3, -0.25) is 15.0 Å². The summed E-state index contributed by atoms with van der Waals surface area (Å²) in [7, 11) is 1.64. The van der Waals surface area contributed by atoms with Crippen LogP contribution in [0, 0.1) is 22.0 Å². The van der Waals surface area contributed by atoms with E-state index in [1.54, 1.807) is 19.2 Å². The molecule has 1 aliphatic heterocycles. The maximum Gasteiger partial charge on any atom is 0.293 e. The lowest BCUT2D eigenvalue weighted by atomic mass is 9.73. The van der Waals surface area contributed by atoms with E-state index in [9.17, 15) is 15.2 Å². The maximum atomic E-state index is 11.5. The molecule has 5 rings (SSSR count). The quantitative estimate of drug-likeness (QED) is 0.338. The number of aliphatic hydroxyl groups excluding tert-OH is 1. The zero-order valence-corrected chi connectivity index (χ0v) is 18.1. The van der Waals surface area contributed by atoms with E-state index < -0.39 is 0 Å². The van der Waals surface area contributed by atoms with Crippen LogP contribution in [0.4, 0.5) is 5.69 Å². The van der Waals surface area contributed by atoms with Crippen molar-refractivity contribution in [2.45, 2.75) is 25.3 Å². The number of nitrogens with one attached hydrogen (secondary N) is 1. The van der Waals surface area contributed by atoms with E-state index in [4.69, 9.17) is 4.74 Å². The maximum absolute atomic E-state index is 11.5. The Morgan fingerprint density at radius 3 is 2.84 bits per heavy atom. The van der Waals surface area contributed by atoms with E-state index in [2.05, 4.69) is 16.5 Å². The summed E-state index contributed by atoms with van der Waals surface area (Å²) in [5.74, 6) is 1.83. The highest BCUT2D eigenvalue weighted by atomic mass is 16.6. The molecule has 0 spiro atoms. The molecule has 3 aromatic rings. The Morgan fingerprint density at radius 1 is 1.28 bits per heavy atom. The van der Waals surface area contributed by atoms with Gasteiger partial charge in [-0.1, -0.05) is 30.8 Å². The van der Waals surface area contributed by atoms with Gasteiger partial charge in [-0.25, -0.2) is 0 Å². The van der Waals surface area contributed by atoms with Crippen molar-refractivity contribution in [2.75, 3.05) is 20.2 Å². The zero-order chi connectivity index (χ0) is 22.4. The molecule has 2 aliphatic rings. The summed E-state index contributed by atoms with van der Waals surface area (Å²) in [6, 6.07) is 12.8. The van der Waals surface area contributed by atoms with E-state index in [1.807, 2.05) is 30.3 Å². The SMILES string of the molecule is C=C(O)C(c1cccc(OC)c1)N1CCC2Cc3[nH]c4c([N+](=O)[O-])cccc4c3CC2C1. The number of hydrogen-bond donors (Lipinski definition) is 2. The fourth-order valence-corrected chi connectivity index (χ4v) is 5.66. The molecule has 3 atom stereocenters. The highest BCUT2D eigenvalue weighted by Gasteiger charge is 2.38. The second-order valence-corrected chi connectivity index (χ2v) is 8.92. The fourth-order valence-electron chi connectivity index (χ4n) is 5.66. The summed E-state index contributed by atoms with van der Waals surface area (Å²) >= 11 is 0. The summed E-state index contributed by atoms with van der Waals surface area (Å²) in [5.41, 5.74) is 4.08. The van der Waals surface area contributed by atoms with E-state index in [-0.39, 0.29) is 22.4 Å². The largest absolute Gasteiger partial charge is 0.511 e. The van der Waals surface area contributed by atoms with Crippen LogP contribution in [0.15, 0.2) is 54.8 Å². The van der Waals surface area contributed by atoms with Crippen molar-refractivity contribution in [2.24, 2.45) is 11.8 Å². The molecule has 2 aromatic carbocycles. The monoisotopic (exact) mass is 433 g/mol. The molecule has 32 heavy (non-hydrogen) atoms. The normalized spacial score (nSPS) is 21.5. The number of nitrogens with zero attached hydrogens (tertiary/aromatic N) is 2. The summed E-state index contributed by atoms with van der Waals surface area (Å²) in [6.07, 6.45) is 2.79. The van der Waals surface area contributed by atoms with Crippen molar-refractivity contribution >= 4 is 16.6 Å². The minimum atomic E-state index is -0.315. The van der Waals surface area contributed by atoms with Gasteiger partial charge in [0, 0.05) is 23.7 Å². The highest BCUT2D eigenvalue weighted by molar-refractivity contribution is 5.92. The number of aliphatic hydroxyl groups is 1. The number of para-hydroxylation sites is 1. The van der Waals surface area contributed by atoms with Gasteiger partial charge in [0.1, 0.15) is 17.0 Å². The number of fused-ring (bicyclic) bond motifs is 4. The van der Waals surface area contributed by atoms with Gasteiger partial charge in [0.15, 0.2) is 0 Å². The summed E-state index contributed by atoms with van der Waals surface area (Å²) < 4.78 is 5.37. The van der Waals surface area contributed by atoms with Gasteiger partial charge in [0.2, 0.25) is 0 Å². The summed E-state index contributed by atoms with van der Waals surface area (Å²) in [5, 5.41) is 22.9. The lowest BCUT2D eigenvalue weighted by Crippen LogP contribution is -2.45. The Hall–Kier alpha value is -3.32. The predicted octanol–water partition coefficient (Wildman–Crippen LogP) is 4.93. The Kier molecular flexibility index (Phi) is 5.13. The van der Waals surface area contributed by atoms with Crippen molar-refractivity contribution in [1.82, 2.24) is 9.88 Å². The van der Waals surface area contributed by atoms with E-state index >= 15 is 0 Å². The highest BCUT2D eigenvalue weighted by Crippen LogP contribution is 2.42. The number of ether oxygens (including phenoxy) is 1. The van der Waals surface area contributed by atoms with Gasteiger partial charge < -0.3 is 14.8 Å². The number of hydrogen-bond acceptors (Lipinski definition) is 5. The number of benzene rings is 2. The molecule has 2 N–H and O–H groups in total. The molecule has 0 saturated carbocycles. The molecule has 2 heterocycles. The number of non-ortho nitro benzene ring substituents is 1. The number of nitro groups is 1. The number of H-pyrrole nitrogens is 1. The first-order valence-corrected chi connectivity index (χ1v) is 11.0. The second-order valence-electron chi connectivity index (χ2n) is 8.92. The molecule has 7 nitrogen and oxygen atoms in total. The molecule has 7 heteroatoms. The third-order valence-corrected chi connectivity index (χ3v) is 7.15. The third kappa shape index (κ3) is 3.42. The third-order valence-electron chi connectivity index (χ3n) is 7.15. The fraction of sp³-hybridized carbons (Fsp3) is 0.360. The van der Waals surface area contributed by atoms with Crippen molar-refractivity contribution < 1.29 is 14.8 Å². The summed E-state index contributed by atoms with van der Waals surface area (Å²) in [6.45, 7) is 5.57. The Balaban J connectivity index is 1.44. The van der Waals surface area contributed by atoms with E-state index in [1.165, 1.54) is 5.56 Å². The Morgan fingerprint density at radius 2 is 2.09 bits per heavy atom. The molecule has 1 saturated heterocycles. The minimum Gasteiger partial charge on any atom is -0.511 e. The Labute approximate surface area is 186 Å². The van der Waals surface area contributed by atoms with E-state index in [0.29, 0.717) is 17.4 Å². The lowest BCUT2D eigenvalue weighted by Gasteiger charge is -2.44. The van der Waals surface area contributed by atoms with Gasteiger partial charge in [0.05, 0.1) is 18.1 Å². The predicted molar refractivity (Wildman–Crippen MR) is 123 cm³/mol. The molecule has 1 aliphatic carbocycles. The molecule has 166 valence electrons. The van der Waals surface area contributed by atoms with Crippen LogP contribution in [0.5, 0.6) is 5.75 Å². The van der Waals surface area contributed by atoms with Crippen molar-refractivity contribution in [3.8, 4) is 5.75 Å². The topological polar surface area (TPSA) is 91.6 Å². The van der Waals surface area contributed by atoms with Gasteiger partial charge >= 0.3 is 0 Å². The second kappa shape index (κ2) is 7.98. The van der Waals surface area contributed by atoms with Crippen LogP contribution in [0.25, 0.3) is 10.9 Å². The number of piperidine rings is 1. The Bertz CT molecular complexity index is 1200. The van der Waals surface area contributed by atoms with Crippen LogP contribution >= 0.6 is 0 Å². The number of nitro benzene ring substituents is 1. The van der Waals surface area contributed by atoms with E-state index in [0.717, 1.165) is 54.7 Å². The molecule has 1 fully saturated rings. The molecule has 3 unspecified atom stereocenters. The van der Waals surface area contributed by atoms with Crippen LogP contribution in [0.3, 0.4) is 0 Å². The molecule has 0 amide bonds. The first-order chi connectivity index (χ1) is 15.5. The smallest absolute Gasteiger partial charge is 0.293 e.